The highest BCUT2D eigenvalue weighted by Gasteiger charge is 2.34. The van der Waals surface area contributed by atoms with E-state index in [9.17, 15) is 35.5 Å². The Morgan fingerprint density at radius 2 is 1.86 bits per heavy atom. The molecule has 2 heterocycles. The summed E-state index contributed by atoms with van der Waals surface area (Å²) in [6.07, 6.45) is -9.34. The maximum Gasteiger partial charge on any atom is 0.419 e. The van der Waals surface area contributed by atoms with E-state index < -0.39 is 55.0 Å². The van der Waals surface area contributed by atoms with E-state index in [0.29, 0.717) is 25.0 Å². The van der Waals surface area contributed by atoms with Gasteiger partial charge in [-0.3, -0.25) is 4.79 Å². The van der Waals surface area contributed by atoms with Gasteiger partial charge in [0.15, 0.2) is 6.61 Å². The average Bonchev–Trinajstić information content (AvgIpc) is 3.25. The van der Waals surface area contributed by atoms with Gasteiger partial charge in [-0.15, -0.1) is 5.10 Å². The number of halogens is 7. The van der Waals surface area contributed by atoms with E-state index in [0.717, 1.165) is 6.07 Å². The average molecular weight is 531 g/mol. The molecule has 1 fully saturated rings. The van der Waals surface area contributed by atoms with Crippen molar-refractivity contribution in [3.05, 3.63) is 35.5 Å². The third kappa shape index (κ3) is 8.51. The standard InChI is InChI=1S/C20H20F7N3O6/c21-14-7-12(2-3-13(14)20(25,26)27)34-9-16(31)28-11-1-4-15(35-8-11)17-29-30-18(36-17)33-6-5-32-10-19(22,23)24/h2-3,7,11,15H,1,4-6,8-10H2,(H,28,31)/t11-,15+/m1/s1. The fraction of sp³-hybridized carbons (Fsp3) is 0.550. The van der Waals surface area contributed by atoms with Crippen LogP contribution < -0.4 is 14.8 Å². The summed E-state index contributed by atoms with van der Waals surface area (Å²) < 4.78 is 113. The molecule has 0 bridgehead atoms. The second-order valence-electron chi connectivity index (χ2n) is 7.51. The lowest BCUT2D eigenvalue weighted by Gasteiger charge is -2.27. The largest absolute Gasteiger partial charge is 0.484 e. The van der Waals surface area contributed by atoms with Crippen molar-refractivity contribution in [2.24, 2.45) is 0 Å². The zero-order chi connectivity index (χ0) is 26.3. The topological polar surface area (TPSA) is 105 Å². The number of nitrogens with zero attached hydrogens (tertiary/aromatic N) is 2. The molecule has 2 aromatic rings. The van der Waals surface area contributed by atoms with E-state index in [4.69, 9.17) is 18.6 Å². The maximum atomic E-state index is 13.6. The van der Waals surface area contributed by atoms with Crippen LogP contribution in [0.15, 0.2) is 22.6 Å². The summed E-state index contributed by atoms with van der Waals surface area (Å²) in [5, 5.41) is 9.99. The van der Waals surface area contributed by atoms with Gasteiger partial charge in [-0.25, -0.2) is 4.39 Å². The molecule has 36 heavy (non-hydrogen) atoms. The monoisotopic (exact) mass is 531 g/mol. The van der Waals surface area contributed by atoms with Gasteiger partial charge >= 0.3 is 18.4 Å². The summed E-state index contributed by atoms with van der Waals surface area (Å²) in [5.41, 5.74) is -1.44. The molecule has 1 aliphatic heterocycles. The first-order valence-corrected chi connectivity index (χ1v) is 10.4. The van der Waals surface area contributed by atoms with Crippen LogP contribution >= 0.6 is 0 Å². The first-order chi connectivity index (χ1) is 16.9. The Labute approximate surface area is 198 Å². The quantitative estimate of drug-likeness (QED) is 0.367. The van der Waals surface area contributed by atoms with E-state index in [1.165, 1.54) is 0 Å². The minimum absolute atomic E-state index is 0.0647. The van der Waals surface area contributed by atoms with Crippen molar-refractivity contribution in [1.82, 2.24) is 15.5 Å². The molecule has 1 amide bonds. The van der Waals surface area contributed by atoms with Gasteiger partial charge in [0.05, 0.1) is 24.8 Å². The van der Waals surface area contributed by atoms with Crippen LogP contribution in [0.25, 0.3) is 0 Å². The fourth-order valence-corrected chi connectivity index (χ4v) is 3.08. The molecule has 1 N–H and O–H groups in total. The van der Waals surface area contributed by atoms with Gasteiger partial charge < -0.3 is 28.7 Å². The van der Waals surface area contributed by atoms with E-state index in [1.807, 2.05) is 0 Å². The number of amides is 1. The molecule has 0 spiro atoms. The van der Waals surface area contributed by atoms with Gasteiger partial charge in [0.25, 0.3) is 5.91 Å². The number of benzene rings is 1. The number of alkyl halides is 6. The van der Waals surface area contributed by atoms with Gasteiger partial charge in [0.2, 0.25) is 5.89 Å². The third-order valence-corrected chi connectivity index (χ3v) is 4.67. The lowest BCUT2D eigenvalue weighted by atomic mass is 10.1. The molecule has 1 saturated heterocycles. The van der Waals surface area contributed by atoms with Crippen LogP contribution in [0.2, 0.25) is 0 Å². The van der Waals surface area contributed by atoms with Crippen LogP contribution in [-0.4, -0.2) is 61.4 Å². The highest BCUT2D eigenvalue weighted by molar-refractivity contribution is 5.77. The number of carbonyl (C=O) groups excluding carboxylic acids is 1. The summed E-state index contributed by atoms with van der Waals surface area (Å²) in [4.78, 5) is 12.1. The van der Waals surface area contributed by atoms with Gasteiger partial charge in [-0.1, -0.05) is 5.10 Å². The van der Waals surface area contributed by atoms with Crippen LogP contribution in [0.3, 0.4) is 0 Å². The minimum atomic E-state index is -4.84. The normalized spacial score (nSPS) is 18.6. The summed E-state index contributed by atoms with van der Waals surface area (Å²) in [5.74, 6) is -2.27. The first-order valence-electron chi connectivity index (χ1n) is 10.4. The van der Waals surface area contributed by atoms with Gasteiger partial charge in [-0.2, -0.15) is 26.3 Å². The van der Waals surface area contributed by atoms with Crippen molar-refractivity contribution >= 4 is 5.91 Å². The number of ether oxygens (including phenoxy) is 4. The molecule has 1 aromatic carbocycles. The van der Waals surface area contributed by atoms with E-state index >= 15 is 0 Å². The first kappa shape index (κ1) is 27.4. The Kier molecular flexibility index (Phi) is 8.94. The summed E-state index contributed by atoms with van der Waals surface area (Å²) >= 11 is 0. The Balaban J connectivity index is 1.36. The van der Waals surface area contributed by atoms with Crippen molar-refractivity contribution in [1.29, 1.82) is 0 Å². The molecule has 3 rings (SSSR count). The fourth-order valence-electron chi connectivity index (χ4n) is 3.08. The number of hydrogen-bond acceptors (Lipinski definition) is 8. The van der Waals surface area contributed by atoms with Crippen molar-refractivity contribution in [2.75, 3.05) is 33.0 Å². The molecular formula is C20H20F7N3O6. The molecule has 2 atom stereocenters. The predicted molar refractivity (Wildman–Crippen MR) is 103 cm³/mol. The van der Waals surface area contributed by atoms with E-state index in [2.05, 4.69) is 20.3 Å². The number of nitrogens with one attached hydrogen (secondary N) is 1. The number of rotatable bonds is 10. The minimum Gasteiger partial charge on any atom is -0.484 e. The van der Waals surface area contributed by atoms with Crippen molar-refractivity contribution in [2.45, 2.75) is 37.3 Å². The van der Waals surface area contributed by atoms with Crippen LogP contribution in [0, 0.1) is 5.82 Å². The summed E-state index contributed by atoms with van der Waals surface area (Å²) in [6, 6.07) is 1.56. The third-order valence-electron chi connectivity index (χ3n) is 4.67. The molecule has 0 saturated carbocycles. The molecular weight excluding hydrogens is 511 g/mol. The van der Waals surface area contributed by atoms with Crippen molar-refractivity contribution in [3.8, 4) is 11.8 Å². The Bertz CT molecular complexity index is 1010. The molecule has 200 valence electrons. The molecule has 0 unspecified atom stereocenters. The molecule has 1 aromatic heterocycles. The Morgan fingerprint density at radius 1 is 1.08 bits per heavy atom. The number of carbonyl (C=O) groups is 1. The van der Waals surface area contributed by atoms with Crippen LogP contribution in [-0.2, 0) is 20.4 Å². The van der Waals surface area contributed by atoms with Gasteiger partial charge in [-0.05, 0) is 25.0 Å². The molecule has 16 heteroatoms. The van der Waals surface area contributed by atoms with Crippen LogP contribution in [0.4, 0.5) is 30.7 Å². The molecule has 0 radical (unpaired) electrons. The molecule has 9 nitrogen and oxygen atoms in total. The summed E-state index contributed by atoms with van der Waals surface area (Å²) in [7, 11) is 0. The summed E-state index contributed by atoms with van der Waals surface area (Å²) in [6.45, 7) is -2.47. The maximum absolute atomic E-state index is 13.6. The van der Waals surface area contributed by atoms with Crippen molar-refractivity contribution in [3.63, 3.8) is 0 Å². The van der Waals surface area contributed by atoms with E-state index in [1.54, 1.807) is 0 Å². The highest BCUT2D eigenvalue weighted by Crippen LogP contribution is 2.33. The lowest BCUT2D eigenvalue weighted by Crippen LogP contribution is -2.43. The zero-order valence-electron chi connectivity index (χ0n) is 18.3. The van der Waals surface area contributed by atoms with Crippen molar-refractivity contribution < 1.29 is 58.9 Å². The zero-order valence-corrected chi connectivity index (χ0v) is 18.3. The molecule has 1 aliphatic rings. The Morgan fingerprint density at radius 3 is 2.50 bits per heavy atom. The molecule has 0 aliphatic carbocycles. The van der Waals surface area contributed by atoms with Crippen LogP contribution in [0.1, 0.15) is 30.4 Å². The van der Waals surface area contributed by atoms with Crippen LogP contribution in [0.5, 0.6) is 11.8 Å². The number of aromatic nitrogens is 2. The smallest absolute Gasteiger partial charge is 0.419 e. The second kappa shape index (κ2) is 11.7. The Hall–Kier alpha value is -3.14. The number of hydrogen-bond donors (Lipinski definition) is 1. The highest BCUT2D eigenvalue weighted by atomic mass is 19.4. The van der Waals surface area contributed by atoms with E-state index in [-0.39, 0.29) is 37.5 Å². The lowest BCUT2D eigenvalue weighted by molar-refractivity contribution is -0.175. The van der Waals surface area contributed by atoms with Gasteiger partial charge in [0, 0.05) is 6.07 Å². The predicted octanol–water partition coefficient (Wildman–Crippen LogP) is 3.60. The second-order valence-corrected chi connectivity index (χ2v) is 7.51. The SMILES string of the molecule is O=C(COc1ccc(C(F)(F)F)c(F)c1)N[C@@H]1CC[C@@H](c2nnc(OCCOCC(F)(F)F)o2)OC1. The van der Waals surface area contributed by atoms with Gasteiger partial charge in [0.1, 0.15) is 30.9 Å².